The van der Waals surface area contributed by atoms with Crippen LogP contribution in [0.3, 0.4) is 0 Å². The number of halogens is 2. The van der Waals surface area contributed by atoms with Gasteiger partial charge in [-0.3, -0.25) is 9.59 Å². The minimum absolute atomic E-state index is 0.0931. The molecule has 0 atom stereocenters. The summed E-state index contributed by atoms with van der Waals surface area (Å²) < 4.78 is 0. The van der Waals surface area contributed by atoms with Crippen molar-refractivity contribution in [3.63, 3.8) is 0 Å². The molecule has 5 rings (SSSR count). The number of nitrogens with zero attached hydrogens (tertiary/aromatic N) is 2. The van der Waals surface area contributed by atoms with E-state index in [0.29, 0.717) is 28.8 Å². The summed E-state index contributed by atoms with van der Waals surface area (Å²) in [5, 5.41) is 4.54. The highest BCUT2D eigenvalue weighted by atomic mass is 35.5. The standard InChI is InChI=1S/C30H38Cl2N4O2/c31-25-12-11-23(19-26(25)32)29(20-36(21-29)27(37)22-7-4-5-8-22)13-6-16-35-17-14-30(15-18-35,28(33)38)34-24-9-2-1-3-10-24/h1-3,9-12,19,22,34H,4-8,13-18,20-21H2,(H2,33,38). The van der Waals surface area contributed by atoms with Crippen LogP contribution >= 0.6 is 23.2 Å². The maximum absolute atomic E-state index is 13.1. The molecule has 0 radical (unpaired) electrons. The van der Waals surface area contributed by atoms with E-state index in [2.05, 4.69) is 21.2 Å². The van der Waals surface area contributed by atoms with E-state index in [4.69, 9.17) is 28.9 Å². The Morgan fingerprint density at radius 2 is 1.66 bits per heavy atom. The summed E-state index contributed by atoms with van der Waals surface area (Å²) >= 11 is 12.6. The number of nitrogens with one attached hydrogen (secondary N) is 1. The first-order valence-corrected chi connectivity index (χ1v) is 14.7. The lowest BCUT2D eigenvalue weighted by molar-refractivity contribution is -0.143. The SMILES string of the molecule is NC(=O)C1(Nc2ccccc2)CCN(CCCC2(c3ccc(Cl)c(Cl)c3)CN(C(=O)C3CCCC3)C2)CC1. The number of rotatable bonds is 9. The fourth-order valence-corrected chi connectivity index (χ4v) is 6.91. The van der Waals surface area contributed by atoms with E-state index in [1.807, 2.05) is 42.5 Å². The zero-order valence-electron chi connectivity index (χ0n) is 21.9. The Morgan fingerprint density at radius 3 is 2.29 bits per heavy atom. The Morgan fingerprint density at radius 1 is 0.974 bits per heavy atom. The van der Waals surface area contributed by atoms with E-state index in [1.165, 1.54) is 5.56 Å². The van der Waals surface area contributed by atoms with Gasteiger partial charge in [0.1, 0.15) is 5.54 Å². The number of likely N-dealkylation sites (tertiary alicyclic amines) is 2. The van der Waals surface area contributed by atoms with Gasteiger partial charge in [-0.2, -0.15) is 0 Å². The summed E-state index contributed by atoms with van der Waals surface area (Å²) in [4.78, 5) is 30.0. The van der Waals surface area contributed by atoms with E-state index in [9.17, 15) is 9.59 Å². The van der Waals surface area contributed by atoms with Crippen molar-refractivity contribution in [1.82, 2.24) is 9.80 Å². The largest absolute Gasteiger partial charge is 0.371 e. The lowest BCUT2D eigenvalue weighted by Crippen LogP contribution is -2.62. The zero-order valence-corrected chi connectivity index (χ0v) is 23.4. The molecule has 3 N–H and O–H groups in total. The second-order valence-corrected chi connectivity index (χ2v) is 12.3. The van der Waals surface area contributed by atoms with Crippen molar-refractivity contribution in [3.8, 4) is 0 Å². The number of anilines is 1. The number of carbonyl (C=O) groups excluding carboxylic acids is 2. The molecular formula is C30H38Cl2N4O2. The van der Waals surface area contributed by atoms with Crippen molar-refractivity contribution in [2.24, 2.45) is 11.7 Å². The smallest absolute Gasteiger partial charge is 0.243 e. The van der Waals surface area contributed by atoms with Crippen LogP contribution in [0, 0.1) is 5.92 Å². The second kappa shape index (κ2) is 11.4. The van der Waals surface area contributed by atoms with Crippen LogP contribution in [-0.4, -0.2) is 59.9 Å². The van der Waals surface area contributed by atoms with E-state index in [1.54, 1.807) is 0 Å². The molecule has 3 aliphatic rings. The molecule has 3 fully saturated rings. The van der Waals surface area contributed by atoms with Crippen LogP contribution in [0.25, 0.3) is 0 Å². The molecule has 2 heterocycles. The van der Waals surface area contributed by atoms with Crippen molar-refractivity contribution in [2.75, 3.05) is 38.0 Å². The van der Waals surface area contributed by atoms with Gasteiger partial charge in [0.05, 0.1) is 10.0 Å². The second-order valence-electron chi connectivity index (χ2n) is 11.5. The number of benzene rings is 2. The normalized spacial score (nSPS) is 21.2. The third kappa shape index (κ3) is 5.68. The molecule has 2 saturated heterocycles. The summed E-state index contributed by atoms with van der Waals surface area (Å²) in [6, 6.07) is 15.7. The molecule has 38 heavy (non-hydrogen) atoms. The van der Waals surface area contributed by atoms with Gasteiger partial charge in [-0.05, 0) is 74.9 Å². The monoisotopic (exact) mass is 556 g/mol. The first-order valence-electron chi connectivity index (χ1n) is 13.9. The lowest BCUT2D eigenvalue weighted by atomic mass is 9.70. The number of nitrogens with two attached hydrogens (primary N) is 1. The van der Waals surface area contributed by atoms with E-state index >= 15 is 0 Å². The van der Waals surface area contributed by atoms with Crippen LogP contribution in [0.1, 0.15) is 56.9 Å². The van der Waals surface area contributed by atoms with Gasteiger partial charge in [-0.1, -0.05) is 60.3 Å². The Bertz CT molecular complexity index is 1140. The molecule has 1 aliphatic carbocycles. The molecule has 2 aromatic carbocycles. The summed E-state index contributed by atoms with van der Waals surface area (Å²) in [5.74, 6) is 0.231. The van der Waals surface area contributed by atoms with Crippen molar-refractivity contribution in [3.05, 3.63) is 64.1 Å². The van der Waals surface area contributed by atoms with Gasteiger partial charge >= 0.3 is 0 Å². The number of carbonyl (C=O) groups is 2. The number of hydrogen-bond donors (Lipinski definition) is 2. The zero-order chi connectivity index (χ0) is 26.8. The first-order chi connectivity index (χ1) is 18.3. The van der Waals surface area contributed by atoms with Crippen LogP contribution in [0.15, 0.2) is 48.5 Å². The van der Waals surface area contributed by atoms with Crippen LogP contribution in [-0.2, 0) is 15.0 Å². The van der Waals surface area contributed by atoms with Crippen molar-refractivity contribution in [2.45, 2.75) is 62.3 Å². The summed E-state index contributed by atoms with van der Waals surface area (Å²) in [5.41, 5.74) is 7.16. The van der Waals surface area contributed by atoms with Gasteiger partial charge in [0.25, 0.3) is 0 Å². The van der Waals surface area contributed by atoms with E-state index in [0.717, 1.165) is 76.9 Å². The molecule has 0 bridgehead atoms. The Kier molecular flexibility index (Phi) is 8.22. The number of amides is 2. The molecule has 0 spiro atoms. The maximum atomic E-state index is 13.1. The van der Waals surface area contributed by atoms with Crippen molar-refractivity contribution in [1.29, 1.82) is 0 Å². The third-order valence-electron chi connectivity index (χ3n) is 9.00. The third-order valence-corrected chi connectivity index (χ3v) is 9.74. The Hall–Kier alpha value is -2.28. The molecule has 1 saturated carbocycles. The van der Waals surface area contributed by atoms with Crippen LogP contribution in [0.4, 0.5) is 5.69 Å². The van der Waals surface area contributed by atoms with Crippen LogP contribution in [0.2, 0.25) is 10.0 Å². The van der Waals surface area contributed by atoms with Gasteiger partial charge in [-0.15, -0.1) is 0 Å². The Labute approximate surface area is 235 Å². The van der Waals surface area contributed by atoms with E-state index < -0.39 is 5.54 Å². The average Bonchev–Trinajstić information content (AvgIpc) is 3.44. The summed E-state index contributed by atoms with van der Waals surface area (Å²) in [6.07, 6.45) is 7.70. The molecule has 8 heteroatoms. The topological polar surface area (TPSA) is 78.7 Å². The fourth-order valence-electron chi connectivity index (χ4n) is 6.61. The molecule has 0 unspecified atom stereocenters. The molecule has 2 aromatic rings. The quantitative estimate of drug-likeness (QED) is 0.428. The van der Waals surface area contributed by atoms with Gasteiger partial charge < -0.3 is 20.9 Å². The van der Waals surface area contributed by atoms with E-state index in [-0.39, 0.29) is 17.2 Å². The summed E-state index contributed by atoms with van der Waals surface area (Å²) in [7, 11) is 0. The highest BCUT2D eigenvalue weighted by molar-refractivity contribution is 6.42. The highest BCUT2D eigenvalue weighted by Gasteiger charge is 2.47. The fraction of sp³-hybridized carbons (Fsp3) is 0.533. The minimum Gasteiger partial charge on any atom is -0.371 e. The van der Waals surface area contributed by atoms with Gasteiger partial charge in [0.15, 0.2) is 0 Å². The number of primary amides is 1. The molecular weight excluding hydrogens is 519 g/mol. The van der Waals surface area contributed by atoms with Gasteiger partial charge in [0, 0.05) is 43.2 Å². The average molecular weight is 558 g/mol. The first kappa shape index (κ1) is 27.3. The van der Waals surface area contributed by atoms with Crippen LogP contribution in [0.5, 0.6) is 0 Å². The molecule has 204 valence electrons. The van der Waals surface area contributed by atoms with Crippen molar-refractivity contribution >= 4 is 40.7 Å². The molecule has 2 amide bonds. The van der Waals surface area contributed by atoms with Gasteiger partial charge in [-0.25, -0.2) is 0 Å². The van der Waals surface area contributed by atoms with Crippen LogP contribution < -0.4 is 11.1 Å². The molecule has 6 nitrogen and oxygen atoms in total. The molecule has 0 aromatic heterocycles. The lowest BCUT2D eigenvalue weighted by Gasteiger charge is -2.52. The number of piperidine rings is 1. The summed E-state index contributed by atoms with van der Waals surface area (Å²) in [6.45, 7) is 4.06. The highest BCUT2D eigenvalue weighted by Crippen LogP contribution is 2.42. The predicted molar refractivity (Wildman–Crippen MR) is 154 cm³/mol. The van der Waals surface area contributed by atoms with Gasteiger partial charge in [0.2, 0.25) is 11.8 Å². The van der Waals surface area contributed by atoms with Crippen molar-refractivity contribution < 1.29 is 9.59 Å². The molecule has 2 aliphatic heterocycles. The maximum Gasteiger partial charge on any atom is 0.243 e. The minimum atomic E-state index is -0.714. The number of para-hydroxylation sites is 1. The predicted octanol–water partition coefficient (Wildman–Crippen LogP) is 5.48. The Balaban J connectivity index is 1.19. The number of hydrogen-bond acceptors (Lipinski definition) is 4.